The zero-order chi connectivity index (χ0) is 11.6. The summed E-state index contributed by atoms with van der Waals surface area (Å²) in [7, 11) is 0. The Kier molecular flexibility index (Phi) is 4.13. The van der Waals surface area contributed by atoms with Crippen molar-refractivity contribution in [2.24, 2.45) is 0 Å². The monoisotopic (exact) mass is 230 g/mol. The van der Waals surface area contributed by atoms with Crippen LogP contribution < -0.4 is 0 Å². The number of benzene rings is 1. The molecule has 0 spiro atoms. The maximum atomic E-state index is 13.0. The molecule has 84 valence electrons. The van der Waals surface area contributed by atoms with Crippen LogP contribution in [0.3, 0.4) is 0 Å². The second-order valence-electron chi connectivity index (χ2n) is 3.65. The van der Waals surface area contributed by atoms with Crippen LogP contribution in [0, 0.1) is 19.7 Å². The fourth-order valence-electron chi connectivity index (χ4n) is 1.68. The van der Waals surface area contributed by atoms with E-state index in [1.54, 1.807) is 13.8 Å². The molecule has 0 amide bonds. The molecule has 0 radical (unpaired) electrons. The Morgan fingerprint density at radius 2 is 1.73 bits per heavy atom. The molecule has 1 rings (SSSR count). The zero-order valence-corrected chi connectivity index (χ0v) is 9.63. The molecule has 0 aliphatic carbocycles. The summed E-state index contributed by atoms with van der Waals surface area (Å²) in [6.45, 7) is 3.42. The predicted octanol–water partition coefficient (Wildman–Crippen LogP) is 1.77. The van der Waals surface area contributed by atoms with Crippen molar-refractivity contribution < 1.29 is 14.6 Å². The number of hydrogen-bond donors (Lipinski definition) is 3. The molecular weight excluding hydrogens is 215 g/mol. The molecule has 0 saturated heterocycles. The van der Waals surface area contributed by atoms with Gasteiger partial charge in [0.25, 0.3) is 0 Å². The van der Waals surface area contributed by atoms with E-state index >= 15 is 0 Å². The van der Waals surface area contributed by atoms with Crippen molar-refractivity contribution in [3.63, 3.8) is 0 Å². The van der Waals surface area contributed by atoms with Gasteiger partial charge < -0.3 is 10.2 Å². The molecule has 0 aliphatic heterocycles. The van der Waals surface area contributed by atoms with Crippen LogP contribution >= 0.6 is 12.6 Å². The number of aliphatic hydroxyl groups is 2. The lowest BCUT2D eigenvalue weighted by atomic mass is 9.95. The average Bonchev–Trinajstić information content (AvgIpc) is 2.14. The second-order valence-corrected chi connectivity index (χ2v) is 4.01. The Hall–Kier alpha value is -0.580. The van der Waals surface area contributed by atoms with E-state index in [-0.39, 0.29) is 11.6 Å². The van der Waals surface area contributed by atoms with E-state index in [0.29, 0.717) is 16.7 Å². The fourth-order valence-corrected chi connectivity index (χ4v) is 1.88. The summed E-state index contributed by atoms with van der Waals surface area (Å²) in [5.74, 6) is -0.168. The number of aryl methyl sites for hydroxylation is 2. The SMILES string of the molecule is Cc1cc(F)cc(C)c1C(O)C(O)CS. The van der Waals surface area contributed by atoms with E-state index in [9.17, 15) is 14.6 Å². The second kappa shape index (κ2) is 4.96. The van der Waals surface area contributed by atoms with Gasteiger partial charge in [-0.05, 0) is 42.7 Å². The van der Waals surface area contributed by atoms with E-state index in [1.807, 2.05) is 0 Å². The molecule has 2 N–H and O–H groups in total. The number of aliphatic hydroxyl groups excluding tert-OH is 2. The Labute approximate surface area is 94.2 Å². The molecule has 2 nitrogen and oxygen atoms in total. The summed E-state index contributed by atoms with van der Waals surface area (Å²) in [4.78, 5) is 0. The third kappa shape index (κ3) is 2.71. The highest BCUT2D eigenvalue weighted by atomic mass is 32.1. The average molecular weight is 230 g/mol. The third-order valence-electron chi connectivity index (χ3n) is 2.41. The molecule has 0 bridgehead atoms. The molecular formula is C11H15FO2S. The molecule has 1 aromatic carbocycles. The summed E-state index contributed by atoms with van der Waals surface area (Å²) in [6, 6.07) is 2.69. The summed E-state index contributed by atoms with van der Waals surface area (Å²) in [5.41, 5.74) is 1.86. The minimum absolute atomic E-state index is 0.164. The first-order valence-electron chi connectivity index (χ1n) is 4.71. The summed E-state index contributed by atoms with van der Waals surface area (Å²) < 4.78 is 13.0. The van der Waals surface area contributed by atoms with E-state index in [1.165, 1.54) is 12.1 Å². The van der Waals surface area contributed by atoms with Gasteiger partial charge in [0.1, 0.15) is 11.9 Å². The van der Waals surface area contributed by atoms with Gasteiger partial charge in [-0.3, -0.25) is 0 Å². The van der Waals surface area contributed by atoms with Crippen molar-refractivity contribution in [1.29, 1.82) is 0 Å². The summed E-state index contributed by atoms with van der Waals surface area (Å²) >= 11 is 3.91. The molecule has 0 heterocycles. The fraction of sp³-hybridized carbons (Fsp3) is 0.455. The van der Waals surface area contributed by atoms with Gasteiger partial charge in [-0.25, -0.2) is 4.39 Å². The molecule has 0 aliphatic rings. The largest absolute Gasteiger partial charge is 0.389 e. The Bertz CT molecular complexity index is 331. The van der Waals surface area contributed by atoms with E-state index in [0.717, 1.165) is 0 Å². The molecule has 0 fully saturated rings. The Morgan fingerprint density at radius 3 is 2.13 bits per heavy atom. The van der Waals surface area contributed by atoms with Crippen molar-refractivity contribution in [3.05, 3.63) is 34.6 Å². The lowest BCUT2D eigenvalue weighted by Crippen LogP contribution is -2.21. The summed E-state index contributed by atoms with van der Waals surface area (Å²) in [6.07, 6.45) is -1.95. The van der Waals surface area contributed by atoms with Gasteiger partial charge in [0.2, 0.25) is 0 Å². The lowest BCUT2D eigenvalue weighted by Gasteiger charge is -2.20. The highest BCUT2D eigenvalue weighted by molar-refractivity contribution is 7.80. The third-order valence-corrected chi connectivity index (χ3v) is 2.78. The van der Waals surface area contributed by atoms with Crippen LogP contribution in [0.1, 0.15) is 22.8 Å². The Balaban J connectivity index is 3.13. The molecule has 2 unspecified atom stereocenters. The lowest BCUT2D eigenvalue weighted by molar-refractivity contribution is 0.0329. The van der Waals surface area contributed by atoms with Gasteiger partial charge in [0.15, 0.2) is 0 Å². The van der Waals surface area contributed by atoms with Crippen LogP contribution in [0.15, 0.2) is 12.1 Å². The molecule has 2 atom stereocenters. The minimum Gasteiger partial charge on any atom is -0.389 e. The van der Waals surface area contributed by atoms with Gasteiger partial charge in [-0.1, -0.05) is 0 Å². The van der Waals surface area contributed by atoms with Crippen molar-refractivity contribution in [2.45, 2.75) is 26.1 Å². The number of thiol groups is 1. The molecule has 4 heteroatoms. The van der Waals surface area contributed by atoms with E-state index < -0.39 is 12.2 Å². The number of halogens is 1. The first-order valence-corrected chi connectivity index (χ1v) is 5.34. The van der Waals surface area contributed by atoms with Gasteiger partial charge in [0.05, 0.1) is 6.10 Å². The number of rotatable bonds is 3. The van der Waals surface area contributed by atoms with Gasteiger partial charge in [0, 0.05) is 5.75 Å². The van der Waals surface area contributed by atoms with Crippen molar-refractivity contribution in [2.75, 3.05) is 5.75 Å². The van der Waals surface area contributed by atoms with Crippen LogP contribution in [-0.4, -0.2) is 22.1 Å². The number of hydrogen-bond acceptors (Lipinski definition) is 3. The molecule has 15 heavy (non-hydrogen) atoms. The van der Waals surface area contributed by atoms with Crippen LogP contribution in [0.5, 0.6) is 0 Å². The molecule has 0 aromatic heterocycles. The van der Waals surface area contributed by atoms with Crippen LogP contribution in [-0.2, 0) is 0 Å². The van der Waals surface area contributed by atoms with Crippen LogP contribution in [0.25, 0.3) is 0 Å². The maximum Gasteiger partial charge on any atom is 0.123 e. The quantitative estimate of drug-likeness (QED) is 0.693. The first-order chi connectivity index (χ1) is 6.97. The van der Waals surface area contributed by atoms with E-state index in [2.05, 4.69) is 12.6 Å². The highest BCUT2D eigenvalue weighted by Gasteiger charge is 2.21. The van der Waals surface area contributed by atoms with Crippen molar-refractivity contribution in [1.82, 2.24) is 0 Å². The molecule has 1 aromatic rings. The normalized spacial score (nSPS) is 15.1. The van der Waals surface area contributed by atoms with Gasteiger partial charge in [-0.2, -0.15) is 12.6 Å². The van der Waals surface area contributed by atoms with Crippen molar-refractivity contribution in [3.8, 4) is 0 Å². The van der Waals surface area contributed by atoms with E-state index in [4.69, 9.17) is 0 Å². The van der Waals surface area contributed by atoms with Crippen LogP contribution in [0.4, 0.5) is 4.39 Å². The van der Waals surface area contributed by atoms with Gasteiger partial charge >= 0.3 is 0 Å². The topological polar surface area (TPSA) is 40.5 Å². The maximum absolute atomic E-state index is 13.0. The smallest absolute Gasteiger partial charge is 0.123 e. The van der Waals surface area contributed by atoms with Gasteiger partial charge in [-0.15, -0.1) is 0 Å². The minimum atomic E-state index is -1.01. The predicted molar refractivity (Wildman–Crippen MR) is 60.7 cm³/mol. The zero-order valence-electron chi connectivity index (χ0n) is 8.74. The summed E-state index contributed by atoms with van der Waals surface area (Å²) in [5, 5.41) is 19.3. The molecule has 0 saturated carbocycles. The first kappa shape index (κ1) is 12.5. The van der Waals surface area contributed by atoms with Crippen LogP contribution in [0.2, 0.25) is 0 Å². The Morgan fingerprint density at radius 1 is 1.27 bits per heavy atom. The van der Waals surface area contributed by atoms with Crippen molar-refractivity contribution >= 4 is 12.6 Å². The standard InChI is InChI=1S/C11H15FO2S/c1-6-3-8(12)4-7(2)10(6)11(14)9(13)5-15/h3-4,9,11,13-15H,5H2,1-2H3. The highest BCUT2D eigenvalue weighted by Crippen LogP contribution is 2.25.